The lowest BCUT2D eigenvalue weighted by Gasteiger charge is -2.34. The van der Waals surface area contributed by atoms with E-state index in [9.17, 15) is 14.7 Å². The number of ether oxygens (including phenoxy) is 1. The number of hydrogen-bond donors (Lipinski definition) is 2. The number of carboxylic acids is 2. The minimum absolute atomic E-state index is 0.117. The van der Waals surface area contributed by atoms with Gasteiger partial charge in [-0.3, -0.25) is 4.79 Å². The molecule has 0 aliphatic heterocycles. The lowest BCUT2D eigenvalue weighted by molar-refractivity contribution is -0.149. The molecule has 5 heteroatoms. The molecule has 1 aliphatic carbocycles. The van der Waals surface area contributed by atoms with Crippen LogP contribution in [0.1, 0.15) is 13.3 Å². The van der Waals surface area contributed by atoms with E-state index in [4.69, 9.17) is 9.84 Å². The molecule has 0 aromatic heterocycles. The van der Waals surface area contributed by atoms with Gasteiger partial charge in [0, 0.05) is 25.2 Å². The quantitative estimate of drug-likeness (QED) is 0.757. The van der Waals surface area contributed by atoms with E-state index >= 15 is 0 Å². The summed E-state index contributed by atoms with van der Waals surface area (Å²) < 4.78 is 4.90. The van der Waals surface area contributed by atoms with Crippen molar-refractivity contribution in [2.75, 3.05) is 13.7 Å². The molecule has 0 aromatic rings. The van der Waals surface area contributed by atoms with E-state index in [-0.39, 0.29) is 18.6 Å². The molecule has 2 atom stereocenters. The van der Waals surface area contributed by atoms with Crippen molar-refractivity contribution in [3.8, 4) is 0 Å². The smallest absolute Gasteiger partial charge is 0.331 e. The summed E-state index contributed by atoms with van der Waals surface area (Å²) in [6.45, 7) is 1.89. The fourth-order valence-electron chi connectivity index (χ4n) is 2.08. The zero-order valence-electron chi connectivity index (χ0n) is 9.84. The summed E-state index contributed by atoms with van der Waals surface area (Å²) in [7, 11) is 1.49. The van der Waals surface area contributed by atoms with Crippen LogP contribution >= 0.6 is 0 Å². The van der Waals surface area contributed by atoms with Gasteiger partial charge in [0.05, 0.1) is 5.41 Å². The van der Waals surface area contributed by atoms with Crippen molar-refractivity contribution in [1.29, 1.82) is 0 Å². The first kappa shape index (κ1) is 13.4. The molecule has 17 heavy (non-hydrogen) atoms. The van der Waals surface area contributed by atoms with Gasteiger partial charge in [0.25, 0.3) is 0 Å². The van der Waals surface area contributed by atoms with Crippen LogP contribution in [0.2, 0.25) is 0 Å². The first-order valence-electron chi connectivity index (χ1n) is 5.30. The van der Waals surface area contributed by atoms with E-state index in [0.717, 1.165) is 0 Å². The van der Waals surface area contributed by atoms with Crippen LogP contribution in [-0.4, -0.2) is 35.9 Å². The highest BCUT2D eigenvalue weighted by atomic mass is 16.5. The molecular formula is C12H16O5. The van der Waals surface area contributed by atoms with Gasteiger partial charge in [0.15, 0.2) is 0 Å². The average molecular weight is 240 g/mol. The SMILES string of the molecule is COCCC1(C(=O)O)C=CC=C(C(=O)O)C1C. The fourth-order valence-corrected chi connectivity index (χ4v) is 2.08. The number of hydrogen-bond acceptors (Lipinski definition) is 3. The molecule has 0 bridgehead atoms. The largest absolute Gasteiger partial charge is 0.481 e. The number of rotatable bonds is 5. The van der Waals surface area contributed by atoms with Gasteiger partial charge < -0.3 is 14.9 Å². The van der Waals surface area contributed by atoms with Gasteiger partial charge in [-0.05, 0) is 6.42 Å². The summed E-state index contributed by atoms with van der Waals surface area (Å²) in [5.74, 6) is -2.69. The van der Waals surface area contributed by atoms with E-state index < -0.39 is 23.3 Å². The van der Waals surface area contributed by atoms with E-state index in [0.29, 0.717) is 0 Å². The van der Waals surface area contributed by atoms with E-state index in [1.807, 2.05) is 0 Å². The van der Waals surface area contributed by atoms with Crippen molar-refractivity contribution < 1.29 is 24.5 Å². The van der Waals surface area contributed by atoms with E-state index in [1.165, 1.54) is 19.3 Å². The van der Waals surface area contributed by atoms with Crippen LogP contribution in [0.25, 0.3) is 0 Å². The zero-order chi connectivity index (χ0) is 13.1. The van der Waals surface area contributed by atoms with Gasteiger partial charge in [0.1, 0.15) is 0 Å². The molecule has 94 valence electrons. The van der Waals surface area contributed by atoms with Crippen LogP contribution in [0.5, 0.6) is 0 Å². The number of carbonyl (C=O) groups is 2. The van der Waals surface area contributed by atoms with Crippen LogP contribution in [0.15, 0.2) is 23.8 Å². The molecule has 0 heterocycles. The van der Waals surface area contributed by atoms with Crippen molar-refractivity contribution in [3.05, 3.63) is 23.8 Å². The molecule has 0 spiro atoms. The van der Waals surface area contributed by atoms with Crippen molar-refractivity contribution in [1.82, 2.24) is 0 Å². The molecular weight excluding hydrogens is 224 g/mol. The van der Waals surface area contributed by atoms with Gasteiger partial charge >= 0.3 is 11.9 Å². The summed E-state index contributed by atoms with van der Waals surface area (Å²) in [6, 6.07) is 0. The molecule has 2 unspecified atom stereocenters. The number of carboxylic acid groups (broad SMARTS) is 2. The van der Waals surface area contributed by atoms with Crippen LogP contribution in [0.3, 0.4) is 0 Å². The maximum Gasteiger partial charge on any atom is 0.331 e. The molecule has 2 N–H and O–H groups in total. The summed E-state index contributed by atoms with van der Waals surface area (Å²) in [5.41, 5.74) is -1.08. The first-order valence-corrected chi connectivity index (χ1v) is 5.30. The Morgan fingerprint density at radius 2 is 2.12 bits per heavy atom. The second-order valence-electron chi connectivity index (χ2n) is 4.10. The van der Waals surface area contributed by atoms with Gasteiger partial charge in [-0.1, -0.05) is 25.2 Å². The Labute approximate surface area is 99.4 Å². The zero-order valence-corrected chi connectivity index (χ0v) is 9.84. The highest BCUT2D eigenvalue weighted by Crippen LogP contribution is 2.41. The lowest BCUT2D eigenvalue weighted by Crippen LogP contribution is -2.40. The maximum atomic E-state index is 11.4. The Balaban J connectivity index is 3.09. The van der Waals surface area contributed by atoms with E-state index in [2.05, 4.69) is 0 Å². The van der Waals surface area contributed by atoms with Crippen molar-refractivity contribution in [2.45, 2.75) is 13.3 Å². The summed E-state index contributed by atoms with van der Waals surface area (Å²) >= 11 is 0. The van der Waals surface area contributed by atoms with Gasteiger partial charge in [-0.25, -0.2) is 4.79 Å². The Kier molecular flexibility index (Phi) is 4.07. The Morgan fingerprint density at radius 1 is 1.47 bits per heavy atom. The van der Waals surface area contributed by atoms with Crippen LogP contribution in [0.4, 0.5) is 0 Å². The van der Waals surface area contributed by atoms with Gasteiger partial charge in [-0.2, -0.15) is 0 Å². The molecule has 0 amide bonds. The minimum Gasteiger partial charge on any atom is -0.481 e. The third-order valence-corrected chi connectivity index (χ3v) is 3.27. The predicted molar refractivity (Wildman–Crippen MR) is 60.6 cm³/mol. The Hall–Kier alpha value is -1.62. The summed E-state index contributed by atoms with van der Waals surface area (Å²) in [4.78, 5) is 22.5. The third-order valence-electron chi connectivity index (χ3n) is 3.27. The predicted octanol–water partition coefficient (Wildman–Crippen LogP) is 1.31. The average Bonchev–Trinajstić information content (AvgIpc) is 2.27. The molecule has 0 aromatic carbocycles. The van der Waals surface area contributed by atoms with Crippen LogP contribution in [0, 0.1) is 11.3 Å². The maximum absolute atomic E-state index is 11.4. The molecule has 0 saturated carbocycles. The topological polar surface area (TPSA) is 83.8 Å². The highest BCUT2D eigenvalue weighted by Gasteiger charge is 2.45. The molecule has 1 aliphatic rings. The lowest BCUT2D eigenvalue weighted by atomic mass is 9.68. The minimum atomic E-state index is -1.20. The summed E-state index contributed by atoms with van der Waals surface area (Å²) in [5, 5.41) is 18.4. The number of aliphatic carboxylic acids is 2. The third kappa shape index (κ3) is 2.39. The standard InChI is InChI=1S/C12H16O5/c1-8-9(10(13)14)4-3-5-12(8,11(15)16)6-7-17-2/h3-5,8H,6-7H2,1-2H3,(H,13,14)(H,15,16). The number of methoxy groups -OCH3 is 1. The molecule has 0 saturated heterocycles. The van der Waals surface area contributed by atoms with Gasteiger partial charge in [0.2, 0.25) is 0 Å². The monoisotopic (exact) mass is 240 g/mol. The second-order valence-corrected chi connectivity index (χ2v) is 4.10. The highest BCUT2D eigenvalue weighted by molar-refractivity contribution is 5.91. The van der Waals surface area contributed by atoms with E-state index in [1.54, 1.807) is 13.0 Å². The normalized spacial score (nSPS) is 27.6. The van der Waals surface area contributed by atoms with Gasteiger partial charge in [-0.15, -0.1) is 0 Å². The Morgan fingerprint density at radius 3 is 2.59 bits per heavy atom. The van der Waals surface area contributed by atoms with Crippen molar-refractivity contribution >= 4 is 11.9 Å². The summed E-state index contributed by atoms with van der Waals surface area (Å²) in [6.07, 6.45) is 4.74. The van der Waals surface area contributed by atoms with Crippen LogP contribution in [-0.2, 0) is 14.3 Å². The van der Waals surface area contributed by atoms with Crippen molar-refractivity contribution in [2.24, 2.45) is 11.3 Å². The molecule has 5 nitrogen and oxygen atoms in total. The first-order chi connectivity index (χ1) is 7.95. The molecule has 0 fully saturated rings. The molecule has 1 rings (SSSR count). The Bertz CT molecular complexity index is 382. The number of allylic oxidation sites excluding steroid dienone is 2. The van der Waals surface area contributed by atoms with Crippen molar-refractivity contribution in [3.63, 3.8) is 0 Å². The fraction of sp³-hybridized carbons (Fsp3) is 0.500. The second kappa shape index (κ2) is 5.14. The van der Waals surface area contributed by atoms with Crippen LogP contribution < -0.4 is 0 Å². The molecule has 0 radical (unpaired) electrons.